The third-order valence-electron chi connectivity index (χ3n) is 3.93. The molecular formula is C15H21ClN2O. The smallest absolute Gasteiger partial charge is 0.236 e. The van der Waals surface area contributed by atoms with Crippen LogP contribution >= 0.6 is 11.6 Å². The van der Waals surface area contributed by atoms with E-state index in [2.05, 4.69) is 11.4 Å². The second kappa shape index (κ2) is 6.40. The average molecular weight is 281 g/mol. The van der Waals surface area contributed by atoms with Gasteiger partial charge in [-0.15, -0.1) is 0 Å². The van der Waals surface area contributed by atoms with Crippen LogP contribution in [0, 0.1) is 0 Å². The SMILES string of the molecule is CCN(C)C(=O)CNC1CC(c2ccccc2Cl)C1. The minimum absolute atomic E-state index is 0.156. The van der Waals surface area contributed by atoms with Crippen molar-refractivity contribution in [2.24, 2.45) is 0 Å². The normalized spacial score (nSPS) is 21.8. The van der Waals surface area contributed by atoms with Crippen molar-refractivity contribution in [1.82, 2.24) is 10.2 Å². The maximum Gasteiger partial charge on any atom is 0.236 e. The highest BCUT2D eigenvalue weighted by atomic mass is 35.5. The van der Waals surface area contributed by atoms with Crippen molar-refractivity contribution in [1.29, 1.82) is 0 Å². The Morgan fingerprint density at radius 1 is 1.42 bits per heavy atom. The second-order valence-corrected chi connectivity index (χ2v) is 5.58. The van der Waals surface area contributed by atoms with Crippen molar-refractivity contribution < 1.29 is 4.79 Å². The molecule has 104 valence electrons. The molecule has 0 heterocycles. The third-order valence-corrected chi connectivity index (χ3v) is 4.27. The van der Waals surface area contributed by atoms with Gasteiger partial charge in [-0.25, -0.2) is 0 Å². The zero-order chi connectivity index (χ0) is 13.8. The highest BCUT2D eigenvalue weighted by molar-refractivity contribution is 6.31. The van der Waals surface area contributed by atoms with Crippen molar-refractivity contribution >= 4 is 17.5 Å². The predicted molar refractivity (Wildman–Crippen MR) is 78.5 cm³/mol. The van der Waals surface area contributed by atoms with Crippen LogP contribution in [0.4, 0.5) is 0 Å². The summed E-state index contributed by atoms with van der Waals surface area (Å²) in [4.78, 5) is 13.4. The average Bonchev–Trinajstić information content (AvgIpc) is 2.37. The fraction of sp³-hybridized carbons (Fsp3) is 0.533. The van der Waals surface area contributed by atoms with E-state index in [1.54, 1.807) is 4.90 Å². The zero-order valence-electron chi connectivity index (χ0n) is 11.5. The number of amides is 1. The van der Waals surface area contributed by atoms with Gasteiger partial charge >= 0.3 is 0 Å². The van der Waals surface area contributed by atoms with Gasteiger partial charge in [0.1, 0.15) is 0 Å². The molecule has 19 heavy (non-hydrogen) atoms. The molecule has 0 saturated heterocycles. The Bertz CT molecular complexity index is 444. The highest BCUT2D eigenvalue weighted by Crippen LogP contribution is 2.39. The predicted octanol–water partition coefficient (Wildman–Crippen LogP) is 2.65. The van der Waals surface area contributed by atoms with Gasteiger partial charge in [0.05, 0.1) is 6.54 Å². The van der Waals surface area contributed by atoms with E-state index in [-0.39, 0.29) is 5.91 Å². The number of nitrogens with zero attached hydrogens (tertiary/aromatic N) is 1. The fourth-order valence-corrected chi connectivity index (χ4v) is 2.68. The Hall–Kier alpha value is -1.06. The first-order valence-corrected chi connectivity index (χ1v) is 7.21. The minimum Gasteiger partial charge on any atom is -0.345 e. The number of nitrogens with one attached hydrogen (secondary N) is 1. The fourth-order valence-electron chi connectivity index (χ4n) is 2.39. The molecule has 0 aliphatic heterocycles. The summed E-state index contributed by atoms with van der Waals surface area (Å²) >= 11 is 6.19. The van der Waals surface area contributed by atoms with E-state index in [1.165, 1.54) is 5.56 Å². The van der Waals surface area contributed by atoms with Crippen LogP contribution in [0.2, 0.25) is 5.02 Å². The number of carbonyl (C=O) groups excluding carboxylic acids is 1. The summed E-state index contributed by atoms with van der Waals surface area (Å²) in [6.07, 6.45) is 2.12. The van der Waals surface area contributed by atoms with Crippen molar-refractivity contribution in [3.05, 3.63) is 34.9 Å². The molecule has 1 N–H and O–H groups in total. The first-order chi connectivity index (χ1) is 9.11. The molecule has 1 amide bonds. The largest absolute Gasteiger partial charge is 0.345 e. The molecule has 1 fully saturated rings. The van der Waals surface area contributed by atoms with E-state index >= 15 is 0 Å². The van der Waals surface area contributed by atoms with Crippen LogP contribution in [-0.4, -0.2) is 37.0 Å². The Kier molecular flexibility index (Phi) is 4.83. The number of benzene rings is 1. The molecule has 0 radical (unpaired) electrons. The number of rotatable bonds is 5. The van der Waals surface area contributed by atoms with Crippen LogP contribution < -0.4 is 5.32 Å². The quantitative estimate of drug-likeness (QED) is 0.899. The number of hydrogen-bond donors (Lipinski definition) is 1. The molecular weight excluding hydrogens is 260 g/mol. The van der Waals surface area contributed by atoms with Gasteiger partial charge < -0.3 is 10.2 Å². The van der Waals surface area contributed by atoms with E-state index < -0.39 is 0 Å². The molecule has 3 nitrogen and oxygen atoms in total. The van der Waals surface area contributed by atoms with Crippen molar-refractivity contribution in [3.63, 3.8) is 0 Å². The summed E-state index contributed by atoms with van der Waals surface area (Å²) in [7, 11) is 1.83. The molecule has 1 aromatic rings. The standard InChI is InChI=1S/C15H21ClN2O/c1-3-18(2)15(19)10-17-12-8-11(9-12)13-6-4-5-7-14(13)16/h4-7,11-12,17H,3,8-10H2,1-2H3. The van der Waals surface area contributed by atoms with E-state index in [0.717, 1.165) is 24.4 Å². The van der Waals surface area contributed by atoms with E-state index in [4.69, 9.17) is 11.6 Å². The molecule has 1 aliphatic carbocycles. The topological polar surface area (TPSA) is 32.3 Å². The summed E-state index contributed by atoms with van der Waals surface area (Å²) < 4.78 is 0. The Labute approximate surface area is 119 Å². The van der Waals surface area contributed by atoms with Crippen LogP contribution in [0.25, 0.3) is 0 Å². The molecule has 0 bridgehead atoms. The van der Waals surface area contributed by atoms with Crippen LogP contribution in [0.3, 0.4) is 0 Å². The molecule has 4 heteroatoms. The Morgan fingerprint density at radius 2 is 2.11 bits per heavy atom. The summed E-state index contributed by atoms with van der Waals surface area (Å²) in [6.45, 7) is 3.17. The lowest BCUT2D eigenvalue weighted by molar-refractivity contribution is -0.129. The van der Waals surface area contributed by atoms with Gasteiger partial charge in [-0.3, -0.25) is 4.79 Å². The summed E-state index contributed by atoms with van der Waals surface area (Å²) in [6, 6.07) is 8.47. The van der Waals surface area contributed by atoms with Crippen molar-refractivity contribution in [3.8, 4) is 0 Å². The van der Waals surface area contributed by atoms with Crippen molar-refractivity contribution in [2.45, 2.75) is 31.7 Å². The lowest BCUT2D eigenvalue weighted by Gasteiger charge is -2.37. The van der Waals surface area contributed by atoms with E-state index in [0.29, 0.717) is 18.5 Å². The number of likely N-dealkylation sites (N-methyl/N-ethyl adjacent to an activating group) is 1. The van der Waals surface area contributed by atoms with Crippen LogP contribution in [0.15, 0.2) is 24.3 Å². The van der Waals surface area contributed by atoms with Crippen LogP contribution in [0.5, 0.6) is 0 Å². The maximum absolute atomic E-state index is 11.7. The molecule has 0 atom stereocenters. The number of carbonyl (C=O) groups is 1. The van der Waals surface area contributed by atoms with Crippen LogP contribution in [-0.2, 0) is 4.79 Å². The molecule has 1 aliphatic rings. The minimum atomic E-state index is 0.156. The zero-order valence-corrected chi connectivity index (χ0v) is 12.3. The number of hydrogen-bond acceptors (Lipinski definition) is 2. The van der Waals surface area contributed by atoms with Gasteiger partial charge in [-0.2, -0.15) is 0 Å². The van der Waals surface area contributed by atoms with E-state index in [1.807, 2.05) is 32.2 Å². The lowest BCUT2D eigenvalue weighted by atomic mass is 9.76. The van der Waals surface area contributed by atoms with Gasteiger partial charge in [0, 0.05) is 24.7 Å². The van der Waals surface area contributed by atoms with Gasteiger partial charge in [0.2, 0.25) is 5.91 Å². The van der Waals surface area contributed by atoms with Crippen molar-refractivity contribution in [2.75, 3.05) is 20.1 Å². The molecule has 0 spiro atoms. The Balaban J connectivity index is 1.75. The first kappa shape index (κ1) is 14.4. The first-order valence-electron chi connectivity index (χ1n) is 6.83. The number of halogens is 1. The third kappa shape index (κ3) is 3.48. The van der Waals surface area contributed by atoms with Crippen LogP contribution in [0.1, 0.15) is 31.2 Å². The monoisotopic (exact) mass is 280 g/mol. The molecule has 0 aromatic heterocycles. The summed E-state index contributed by atoms with van der Waals surface area (Å²) in [5.41, 5.74) is 1.24. The Morgan fingerprint density at radius 3 is 2.74 bits per heavy atom. The highest BCUT2D eigenvalue weighted by Gasteiger charge is 2.31. The molecule has 2 rings (SSSR count). The van der Waals surface area contributed by atoms with Gasteiger partial charge in [-0.1, -0.05) is 29.8 Å². The van der Waals surface area contributed by atoms with Gasteiger partial charge in [0.15, 0.2) is 0 Å². The molecule has 1 aromatic carbocycles. The van der Waals surface area contributed by atoms with Gasteiger partial charge in [0.25, 0.3) is 0 Å². The molecule has 0 unspecified atom stereocenters. The maximum atomic E-state index is 11.7. The molecule has 1 saturated carbocycles. The second-order valence-electron chi connectivity index (χ2n) is 5.18. The van der Waals surface area contributed by atoms with Gasteiger partial charge in [-0.05, 0) is 37.3 Å². The lowest BCUT2D eigenvalue weighted by Crippen LogP contribution is -2.45. The summed E-state index contributed by atoms with van der Waals surface area (Å²) in [5, 5.41) is 4.17. The summed E-state index contributed by atoms with van der Waals surface area (Å²) in [5.74, 6) is 0.689. The van der Waals surface area contributed by atoms with E-state index in [9.17, 15) is 4.79 Å².